The summed E-state index contributed by atoms with van der Waals surface area (Å²) in [4.78, 5) is 0. The lowest BCUT2D eigenvalue weighted by molar-refractivity contribution is 0.307. The van der Waals surface area contributed by atoms with Crippen molar-refractivity contribution in [1.82, 2.24) is 0 Å². The average molecular weight is 387 g/mol. The van der Waals surface area contributed by atoms with Gasteiger partial charge in [-0.1, -0.05) is 84.8 Å². The summed E-state index contributed by atoms with van der Waals surface area (Å²) in [6.07, 6.45) is 19.7. The van der Waals surface area contributed by atoms with Crippen molar-refractivity contribution in [2.75, 3.05) is 0 Å². The summed E-state index contributed by atoms with van der Waals surface area (Å²) in [6, 6.07) is 6.31. The van der Waals surface area contributed by atoms with Crippen molar-refractivity contribution >= 4 is 0 Å². The zero-order valence-electron chi connectivity index (χ0n) is 19.3. The minimum Gasteiger partial charge on any atom is -0.508 e. The Morgan fingerprint density at radius 1 is 0.893 bits per heavy atom. The summed E-state index contributed by atoms with van der Waals surface area (Å²) >= 11 is 0. The molecule has 1 N–H and O–H groups in total. The highest BCUT2D eigenvalue weighted by molar-refractivity contribution is 5.36. The summed E-state index contributed by atoms with van der Waals surface area (Å²) in [5, 5.41) is 10.2. The molecule has 0 aromatic heterocycles. The van der Waals surface area contributed by atoms with Crippen LogP contribution >= 0.6 is 0 Å². The van der Waals surface area contributed by atoms with Gasteiger partial charge in [0.2, 0.25) is 0 Å². The van der Waals surface area contributed by atoms with Crippen LogP contribution in [0.3, 0.4) is 0 Å². The van der Waals surface area contributed by atoms with E-state index in [1.165, 1.54) is 89.0 Å². The smallest absolute Gasteiger partial charge is 0.118 e. The van der Waals surface area contributed by atoms with Crippen molar-refractivity contribution in [3.63, 3.8) is 0 Å². The lowest BCUT2D eigenvalue weighted by Gasteiger charge is -2.22. The third-order valence-electron chi connectivity index (χ3n) is 7.25. The van der Waals surface area contributed by atoms with Gasteiger partial charge in [-0.05, 0) is 79.4 Å². The van der Waals surface area contributed by atoms with Crippen LogP contribution in [0.5, 0.6) is 5.75 Å². The van der Waals surface area contributed by atoms with Crippen molar-refractivity contribution in [3.8, 4) is 5.75 Å². The fourth-order valence-corrected chi connectivity index (χ4v) is 4.14. The van der Waals surface area contributed by atoms with Gasteiger partial charge < -0.3 is 5.11 Å². The molecule has 1 aromatic carbocycles. The molecule has 1 aliphatic carbocycles. The molecular weight excluding hydrogens is 340 g/mol. The van der Waals surface area contributed by atoms with Crippen molar-refractivity contribution in [2.24, 2.45) is 10.8 Å². The number of unbranched alkanes of at least 4 members (excludes halogenated alkanes) is 6. The maximum absolute atomic E-state index is 10.2. The van der Waals surface area contributed by atoms with Crippen LogP contribution in [0.15, 0.2) is 18.2 Å². The van der Waals surface area contributed by atoms with Crippen molar-refractivity contribution in [3.05, 3.63) is 29.3 Å². The van der Waals surface area contributed by atoms with Crippen molar-refractivity contribution in [1.29, 1.82) is 0 Å². The van der Waals surface area contributed by atoms with Crippen molar-refractivity contribution < 1.29 is 5.11 Å². The van der Waals surface area contributed by atoms with Crippen LogP contribution in [-0.4, -0.2) is 5.11 Å². The van der Waals surface area contributed by atoms with Crippen LogP contribution in [0, 0.1) is 10.8 Å². The van der Waals surface area contributed by atoms with E-state index in [0.717, 1.165) is 23.8 Å². The van der Waals surface area contributed by atoms with Gasteiger partial charge in [-0.15, -0.1) is 0 Å². The first-order valence-corrected chi connectivity index (χ1v) is 12.1. The monoisotopic (exact) mass is 386 g/mol. The Kier molecular flexibility index (Phi) is 9.38. The topological polar surface area (TPSA) is 20.2 Å². The number of hydrogen-bond acceptors (Lipinski definition) is 1. The maximum atomic E-state index is 10.2. The van der Waals surface area contributed by atoms with E-state index < -0.39 is 0 Å². The lowest BCUT2D eigenvalue weighted by Crippen LogP contribution is -2.08. The molecule has 0 amide bonds. The van der Waals surface area contributed by atoms with Crippen LogP contribution in [0.25, 0.3) is 0 Å². The van der Waals surface area contributed by atoms with Gasteiger partial charge in [-0.2, -0.15) is 0 Å². The van der Waals surface area contributed by atoms with E-state index in [-0.39, 0.29) is 0 Å². The van der Waals surface area contributed by atoms with Crippen LogP contribution in [0.2, 0.25) is 0 Å². The van der Waals surface area contributed by atoms with Crippen molar-refractivity contribution in [2.45, 2.75) is 124 Å². The molecule has 0 bridgehead atoms. The molecule has 2 rings (SSSR count). The number of phenols is 1. The van der Waals surface area contributed by atoms with Crippen LogP contribution in [0.1, 0.15) is 122 Å². The van der Waals surface area contributed by atoms with E-state index in [4.69, 9.17) is 0 Å². The Morgan fingerprint density at radius 2 is 1.54 bits per heavy atom. The molecule has 0 atom stereocenters. The number of phenolic OH excluding ortho intramolecular Hbond substituents is 1. The third kappa shape index (κ3) is 9.01. The van der Waals surface area contributed by atoms with Gasteiger partial charge in [-0.25, -0.2) is 0 Å². The second-order valence-electron chi connectivity index (χ2n) is 10.6. The Balaban J connectivity index is 1.59. The van der Waals surface area contributed by atoms with Gasteiger partial charge in [0.15, 0.2) is 0 Å². The van der Waals surface area contributed by atoms with Gasteiger partial charge in [0, 0.05) is 0 Å². The van der Waals surface area contributed by atoms with E-state index in [2.05, 4.69) is 39.8 Å². The largest absolute Gasteiger partial charge is 0.508 e. The highest BCUT2D eigenvalue weighted by Gasteiger charge is 2.35. The van der Waals surface area contributed by atoms with E-state index in [9.17, 15) is 5.11 Å². The average Bonchev–Trinajstić information content (AvgIpc) is 3.40. The zero-order chi connectivity index (χ0) is 20.5. The number of rotatable bonds is 15. The maximum Gasteiger partial charge on any atom is 0.118 e. The molecule has 1 fully saturated rings. The molecule has 0 spiro atoms. The molecule has 0 radical (unpaired) electrons. The highest BCUT2D eigenvalue weighted by atomic mass is 16.3. The molecule has 0 heterocycles. The summed E-state index contributed by atoms with van der Waals surface area (Å²) in [6.45, 7) is 9.50. The Hall–Kier alpha value is -0.980. The highest BCUT2D eigenvalue weighted by Crippen LogP contribution is 2.49. The van der Waals surface area contributed by atoms with E-state index in [0.29, 0.717) is 11.2 Å². The fraction of sp³-hybridized carbons (Fsp3) is 0.778. The molecule has 1 nitrogen and oxygen atoms in total. The Bertz CT molecular complexity index is 568. The molecule has 1 aliphatic rings. The summed E-state index contributed by atoms with van der Waals surface area (Å²) in [7, 11) is 0. The minimum atomic E-state index is 0.494. The minimum absolute atomic E-state index is 0.494. The van der Waals surface area contributed by atoms with E-state index >= 15 is 0 Å². The second-order valence-corrected chi connectivity index (χ2v) is 10.6. The van der Waals surface area contributed by atoms with Gasteiger partial charge in [0.25, 0.3) is 0 Å². The first kappa shape index (κ1) is 23.3. The SMILES string of the molecule is CCC(C)(C)CCCCCCc1cc(CCCCCCC2(C)CC2)ccc1O. The van der Waals surface area contributed by atoms with Crippen LogP contribution in [-0.2, 0) is 12.8 Å². The quantitative estimate of drug-likeness (QED) is 0.299. The summed E-state index contributed by atoms with van der Waals surface area (Å²) in [5.74, 6) is 0.494. The molecule has 0 saturated heterocycles. The molecule has 1 aromatic rings. The van der Waals surface area contributed by atoms with Gasteiger partial charge >= 0.3 is 0 Å². The first-order chi connectivity index (χ1) is 13.3. The van der Waals surface area contributed by atoms with Crippen LogP contribution < -0.4 is 0 Å². The zero-order valence-corrected chi connectivity index (χ0v) is 19.3. The second kappa shape index (κ2) is 11.3. The first-order valence-electron chi connectivity index (χ1n) is 12.1. The lowest BCUT2D eigenvalue weighted by atomic mass is 9.84. The number of hydrogen-bond donors (Lipinski definition) is 1. The predicted molar refractivity (Wildman–Crippen MR) is 123 cm³/mol. The van der Waals surface area contributed by atoms with Crippen LogP contribution in [0.4, 0.5) is 0 Å². The summed E-state index contributed by atoms with van der Waals surface area (Å²) in [5.41, 5.74) is 3.79. The molecule has 0 aliphatic heterocycles. The standard InChI is InChI=1S/C27H46O/c1-5-26(2,3)18-12-8-7-11-15-24-22-23(16-17-25(24)28)14-10-6-9-13-19-27(4)20-21-27/h16-17,22,28H,5-15,18-21H2,1-4H3. The van der Waals surface area contributed by atoms with Gasteiger partial charge in [-0.3, -0.25) is 0 Å². The van der Waals surface area contributed by atoms with E-state index in [1.807, 2.05) is 6.07 Å². The molecular formula is C27H46O. The van der Waals surface area contributed by atoms with Gasteiger partial charge in [0.05, 0.1) is 0 Å². The fourth-order valence-electron chi connectivity index (χ4n) is 4.14. The summed E-state index contributed by atoms with van der Waals surface area (Å²) < 4.78 is 0. The number of aryl methyl sites for hydroxylation is 2. The Labute approximate surface area is 175 Å². The Morgan fingerprint density at radius 3 is 2.21 bits per heavy atom. The number of aromatic hydroxyl groups is 1. The number of benzene rings is 1. The molecule has 0 unspecified atom stereocenters. The molecule has 160 valence electrons. The predicted octanol–water partition coefficient (Wildman–Crippen LogP) is 8.61. The normalized spacial score (nSPS) is 15.7. The van der Waals surface area contributed by atoms with E-state index in [1.54, 1.807) is 0 Å². The molecule has 1 heteroatoms. The molecule has 1 saturated carbocycles. The van der Waals surface area contributed by atoms with Gasteiger partial charge in [0.1, 0.15) is 5.75 Å². The third-order valence-corrected chi connectivity index (χ3v) is 7.25. The molecule has 28 heavy (non-hydrogen) atoms.